The van der Waals surface area contributed by atoms with Crippen molar-refractivity contribution in [1.29, 1.82) is 0 Å². The van der Waals surface area contributed by atoms with Gasteiger partial charge in [0.2, 0.25) is 0 Å². The first-order chi connectivity index (χ1) is 12.3. The Morgan fingerprint density at radius 2 is 1.48 bits per heavy atom. The molecule has 1 N–H and O–H groups in total. The van der Waals surface area contributed by atoms with E-state index in [-0.39, 0.29) is 0 Å². The van der Waals surface area contributed by atoms with Crippen molar-refractivity contribution in [2.24, 2.45) is 0 Å². The highest BCUT2D eigenvalue weighted by atomic mass is 16.5. The normalized spacial score (nSPS) is 10.3. The van der Waals surface area contributed by atoms with Crippen LogP contribution in [0.15, 0.2) is 67.0 Å². The number of aromatic nitrogens is 1. The molecule has 25 heavy (non-hydrogen) atoms. The van der Waals surface area contributed by atoms with E-state index in [1.165, 1.54) is 5.56 Å². The molecule has 0 atom stereocenters. The van der Waals surface area contributed by atoms with Gasteiger partial charge in [-0.05, 0) is 53.4 Å². The summed E-state index contributed by atoms with van der Waals surface area (Å²) in [4.78, 5) is 4.35. The van der Waals surface area contributed by atoms with Gasteiger partial charge in [-0.25, -0.2) is 0 Å². The molecule has 3 rings (SSSR count). The maximum absolute atomic E-state index is 5.28. The second kappa shape index (κ2) is 8.20. The zero-order valence-corrected chi connectivity index (χ0v) is 14.5. The summed E-state index contributed by atoms with van der Waals surface area (Å²) in [5, 5.41) is 3.42. The van der Waals surface area contributed by atoms with Crippen LogP contribution in [0, 0.1) is 0 Å². The highest BCUT2D eigenvalue weighted by Crippen LogP contribution is 2.18. The molecule has 0 amide bonds. The van der Waals surface area contributed by atoms with Gasteiger partial charge in [-0.15, -0.1) is 0 Å². The predicted molar refractivity (Wildman–Crippen MR) is 100 cm³/mol. The quantitative estimate of drug-likeness (QED) is 0.699. The Morgan fingerprint density at radius 3 is 2.20 bits per heavy atom. The molecule has 0 aliphatic rings. The topological polar surface area (TPSA) is 43.4 Å². The number of methoxy groups -OCH3 is 2. The first kappa shape index (κ1) is 16.8. The molecule has 0 unspecified atom stereocenters. The second-order valence-electron chi connectivity index (χ2n) is 5.82. The molecule has 0 aliphatic carbocycles. The van der Waals surface area contributed by atoms with Crippen LogP contribution in [0.1, 0.15) is 16.7 Å². The summed E-state index contributed by atoms with van der Waals surface area (Å²) in [6.07, 6.45) is 4.56. The zero-order chi connectivity index (χ0) is 17.5. The van der Waals surface area contributed by atoms with Gasteiger partial charge in [0.15, 0.2) is 0 Å². The SMILES string of the molecule is COc1cccc(CNc2cncc(Cc3cccc(OC)c3)c2)c1. The second-order valence-corrected chi connectivity index (χ2v) is 5.82. The number of benzene rings is 2. The van der Waals surface area contributed by atoms with Gasteiger partial charge in [-0.2, -0.15) is 0 Å². The standard InChI is InChI=1S/C21H22N2O2/c1-24-20-7-3-5-16(11-20)9-18-10-19(15-22-13-18)23-14-17-6-4-8-21(12-17)25-2/h3-8,10-13,15,23H,9,14H2,1-2H3. The molecule has 0 bridgehead atoms. The fraction of sp³-hybridized carbons (Fsp3) is 0.190. The van der Waals surface area contributed by atoms with Crippen LogP contribution >= 0.6 is 0 Å². The van der Waals surface area contributed by atoms with Crippen LogP contribution in [0.5, 0.6) is 11.5 Å². The van der Waals surface area contributed by atoms with E-state index in [0.717, 1.165) is 41.3 Å². The van der Waals surface area contributed by atoms with Crippen molar-refractivity contribution < 1.29 is 9.47 Å². The molecule has 3 aromatic rings. The first-order valence-electron chi connectivity index (χ1n) is 8.20. The van der Waals surface area contributed by atoms with Gasteiger partial charge in [0.05, 0.1) is 19.9 Å². The van der Waals surface area contributed by atoms with E-state index < -0.39 is 0 Å². The van der Waals surface area contributed by atoms with Crippen LogP contribution in [-0.4, -0.2) is 19.2 Å². The molecule has 0 spiro atoms. The van der Waals surface area contributed by atoms with E-state index in [1.807, 2.05) is 42.7 Å². The summed E-state index contributed by atoms with van der Waals surface area (Å²) in [5.74, 6) is 1.74. The molecule has 4 heteroatoms. The fourth-order valence-electron chi connectivity index (χ4n) is 2.69. The Labute approximate surface area is 148 Å². The molecule has 128 valence electrons. The van der Waals surface area contributed by atoms with Crippen molar-refractivity contribution >= 4 is 5.69 Å². The summed E-state index contributed by atoms with van der Waals surface area (Å²) < 4.78 is 10.5. The summed E-state index contributed by atoms with van der Waals surface area (Å²) in [7, 11) is 3.36. The Morgan fingerprint density at radius 1 is 0.800 bits per heavy atom. The van der Waals surface area contributed by atoms with Crippen LogP contribution in [-0.2, 0) is 13.0 Å². The predicted octanol–water partition coefficient (Wildman–Crippen LogP) is 4.30. The largest absolute Gasteiger partial charge is 0.497 e. The van der Waals surface area contributed by atoms with Gasteiger partial charge in [-0.3, -0.25) is 4.98 Å². The lowest BCUT2D eigenvalue weighted by Gasteiger charge is -2.10. The number of nitrogens with zero attached hydrogens (tertiary/aromatic N) is 1. The monoisotopic (exact) mass is 334 g/mol. The van der Waals surface area contributed by atoms with Crippen molar-refractivity contribution in [1.82, 2.24) is 4.98 Å². The summed E-state index contributed by atoms with van der Waals surface area (Å²) >= 11 is 0. The average Bonchev–Trinajstić information content (AvgIpc) is 2.67. The third-order valence-electron chi connectivity index (χ3n) is 3.97. The van der Waals surface area contributed by atoms with Crippen molar-refractivity contribution in [2.75, 3.05) is 19.5 Å². The summed E-state index contributed by atoms with van der Waals surface area (Å²) in [6, 6.07) is 18.3. The van der Waals surface area contributed by atoms with Crippen molar-refractivity contribution in [3.63, 3.8) is 0 Å². The number of nitrogens with one attached hydrogen (secondary N) is 1. The number of pyridine rings is 1. The molecule has 0 saturated carbocycles. The Kier molecular flexibility index (Phi) is 5.52. The average molecular weight is 334 g/mol. The molecule has 1 heterocycles. The van der Waals surface area contributed by atoms with Crippen LogP contribution < -0.4 is 14.8 Å². The summed E-state index contributed by atoms with van der Waals surface area (Å²) in [5.41, 5.74) is 4.52. The molecule has 0 fully saturated rings. The van der Waals surface area contributed by atoms with E-state index >= 15 is 0 Å². The van der Waals surface area contributed by atoms with Crippen molar-refractivity contribution in [3.05, 3.63) is 83.7 Å². The lowest BCUT2D eigenvalue weighted by Crippen LogP contribution is -2.01. The van der Waals surface area contributed by atoms with Gasteiger partial charge in [-0.1, -0.05) is 24.3 Å². The molecule has 0 saturated heterocycles. The highest BCUT2D eigenvalue weighted by molar-refractivity contribution is 5.45. The van der Waals surface area contributed by atoms with E-state index in [1.54, 1.807) is 14.2 Å². The number of hydrogen-bond acceptors (Lipinski definition) is 4. The van der Waals surface area contributed by atoms with Gasteiger partial charge >= 0.3 is 0 Å². The van der Waals surface area contributed by atoms with Crippen LogP contribution in [0.4, 0.5) is 5.69 Å². The van der Waals surface area contributed by atoms with E-state index in [9.17, 15) is 0 Å². The Bertz CT molecular complexity index is 833. The fourth-order valence-corrected chi connectivity index (χ4v) is 2.69. The Balaban J connectivity index is 1.66. The number of anilines is 1. The minimum Gasteiger partial charge on any atom is -0.497 e. The molecule has 4 nitrogen and oxygen atoms in total. The Hall–Kier alpha value is -3.01. The minimum absolute atomic E-state index is 0.724. The van der Waals surface area contributed by atoms with Crippen LogP contribution in [0.3, 0.4) is 0 Å². The van der Waals surface area contributed by atoms with E-state index in [4.69, 9.17) is 9.47 Å². The van der Waals surface area contributed by atoms with E-state index in [2.05, 4.69) is 34.6 Å². The molecule has 1 aromatic heterocycles. The maximum Gasteiger partial charge on any atom is 0.119 e. The summed E-state index contributed by atoms with van der Waals surface area (Å²) in [6.45, 7) is 0.724. The smallest absolute Gasteiger partial charge is 0.119 e. The number of rotatable bonds is 7. The third-order valence-corrected chi connectivity index (χ3v) is 3.97. The van der Waals surface area contributed by atoms with Crippen LogP contribution in [0.2, 0.25) is 0 Å². The number of hydrogen-bond donors (Lipinski definition) is 1. The van der Waals surface area contributed by atoms with Gasteiger partial charge in [0.25, 0.3) is 0 Å². The highest BCUT2D eigenvalue weighted by Gasteiger charge is 2.02. The minimum atomic E-state index is 0.724. The van der Waals surface area contributed by atoms with Gasteiger partial charge < -0.3 is 14.8 Å². The van der Waals surface area contributed by atoms with E-state index in [0.29, 0.717) is 0 Å². The molecular weight excluding hydrogens is 312 g/mol. The molecule has 2 aromatic carbocycles. The van der Waals surface area contributed by atoms with Crippen molar-refractivity contribution in [3.8, 4) is 11.5 Å². The third kappa shape index (κ3) is 4.73. The van der Waals surface area contributed by atoms with Gasteiger partial charge in [0, 0.05) is 18.9 Å². The number of ether oxygens (including phenoxy) is 2. The van der Waals surface area contributed by atoms with Crippen molar-refractivity contribution in [2.45, 2.75) is 13.0 Å². The molecule has 0 aliphatic heterocycles. The lowest BCUT2D eigenvalue weighted by molar-refractivity contribution is 0.414. The first-order valence-corrected chi connectivity index (χ1v) is 8.20. The van der Waals surface area contributed by atoms with Gasteiger partial charge in [0.1, 0.15) is 11.5 Å². The maximum atomic E-state index is 5.28. The van der Waals surface area contributed by atoms with Crippen LogP contribution in [0.25, 0.3) is 0 Å². The molecular formula is C21H22N2O2. The molecule has 0 radical (unpaired) electrons. The zero-order valence-electron chi connectivity index (χ0n) is 14.5. The lowest BCUT2D eigenvalue weighted by atomic mass is 10.1.